The molecule has 0 saturated heterocycles. The Morgan fingerprint density at radius 1 is 0.868 bits per heavy atom. The summed E-state index contributed by atoms with van der Waals surface area (Å²) < 4.78 is 17.7. The fraction of sp³-hybridized carbons (Fsp3) is 0.133. The predicted octanol–water partition coefficient (Wildman–Crippen LogP) is 5.59. The highest BCUT2D eigenvalue weighted by atomic mass is 16.6. The van der Waals surface area contributed by atoms with Gasteiger partial charge in [-0.05, 0) is 35.7 Å². The number of carboxylic acids is 1. The predicted molar refractivity (Wildman–Crippen MR) is 143 cm³/mol. The van der Waals surface area contributed by atoms with E-state index in [1.165, 1.54) is 6.08 Å². The van der Waals surface area contributed by atoms with Gasteiger partial charge in [0.1, 0.15) is 18.1 Å². The number of rotatable bonds is 11. The summed E-state index contributed by atoms with van der Waals surface area (Å²) in [6.45, 7) is -0.203. The molecule has 0 aliphatic heterocycles. The Hall–Kier alpha value is -4.82. The Morgan fingerprint density at radius 3 is 2.37 bits per heavy atom. The smallest absolute Gasteiger partial charge is 0.412 e. The molecule has 0 aliphatic carbocycles. The van der Waals surface area contributed by atoms with Crippen LogP contribution < -0.4 is 14.8 Å². The molecule has 2 atom stereocenters. The summed E-state index contributed by atoms with van der Waals surface area (Å²) >= 11 is 0. The second-order valence-corrected chi connectivity index (χ2v) is 8.18. The van der Waals surface area contributed by atoms with Gasteiger partial charge in [0.2, 0.25) is 0 Å². The number of fused-ring (bicyclic) bond motifs is 1. The lowest BCUT2D eigenvalue weighted by Gasteiger charge is -2.27. The van der Waals surface area contributed by atoms with E-state index in [1.807, 2.05) is 42.5 Å². The van der Waals surface area contributed by atoms with Crippen LogP contribution in [-0.4, -0.2) is 41.6 Å². The molecule has 4 aromatic rings. The van der Waals surface area contributed by atoms with Gasteiger partial charge >= 0.3 is 12.1 Å². The summed E-state index contributed by atoms with van der Waals surface area (Å²) in [6.07, 6.45) is -0.673. The number of nitrogens with one attached hydrogen (secondary N) is 1. The zero-order chi connectivity index (χ0) is 26.7. The Morgan fingerprint density at radius 2 is 1.58 bits per heavy atom. The summed E-state index contributed by atoms with van der Waals surface area (Å²) in [5.41, 5.74) is 0.989. The minimum atomic E-state index is -1.18. The van der Waals surface area contributed by atoms with Gasteiger partial charge in [-0.15, -0.1) is 0 Å². The van der Waals surface area contributed by atoms with Crippen molar-refractivity contribution in [3.63, 3.8) is 0 Å². The van der Waals surface area contributed by atoms with Crippen LogP contribution in [0.1, 0.15) is 11.7 Å². The first-order valence-electron chi connectivity index (χ1n) is 12.0. The molecule has 38 heavy (non-hydrogen) atoms. The Balaban J connectivity index is 1.71. The van der Waals surface area contributed by atoms with Gasteiger partial charge in [-0.1, -0.05) is 72.8 Å². The lowest BCUT2D eigenvalue weighted by Crippen LogP contribution is -2.30. The van der Waals surface area contributed by atoms with Gasteiger partial charge in [-0.25, -0.2) is 9.59 Å². The van der Waals surface area contributed by atoms with Gasteiger partial charge in [0.05, 0.1) is 12.3 Å². The van der Waals surface area contributed by atoms with Crippen molar-refractivity contribution in [3.05, 3.63) is 115 Å². The highest BCUT2D eigenvalue weighted by molar-refractivity contribution is 6.00. The van der Waals surface area contributed by atoms with E-state index in [2.05, 4.69) is 5.32 Å². The maximum atomic E-state index is 13.3. The summed E-state index contributed by atoms with van der Waals surface area (Å²) in [7, 11) is 0. The number of hydrogen-bond donors (Lipinski definition) is 3. The lowest BCUT2D eigenvalue weighted by molar-refractivity contribution is -0.131. The van der Waals surface area contributed by atoms with Crippen molar-refractivity contribution in [2.24, 2.45) is 0 Å². The number of carboxylic acid groups (broad SMARTS) is 1. The second-order valence-electron chi connectivity index (χ2n) is 8.18. The molecule has 0 aromatic heterocycles. The molecule has 0 radical (unpaired) electrons. The molecule has 0 heterocycles. The molecule has 0 aliphatic rings. The topological polar surface area (TPSA) is 114 Å². The Labute approximate surface area is 219 Å². The van der Waals surface area contributed by atoms with Crippen LogP contribution in [0.15, 0.2) is 109 Å². The molecule has 0 fully saturated rings. The molecule has 8 nitrogen and oxygen atoms in total. The number of amides is 1. The standard InChI is InChI=1S/C30H27NO7/c32-19-20-36-26-16-7-6-14-24(26)29(27(17-18-28(33)34)37-22-11-2-1-3-12-22)38-30(35)31-25-15-8-10-21-9-4-5-13-23(21)25/h1-18,27,29,32H,19-20H2,(H,31,35)(H,33,34)/b18-17+/t27-,29-/m1/s1. The molecule has 0 bridgehead atoms. The number of carbonyl (C=O) groups excluding carboxylic acids is 1. The number of benzene rings is 4. The monoisotopic (exact) mass is 513 g/mol. The molecule has 0 spiro atoms. The number of hydrogen-bond acceptors (Lipinski definition) is 6. The number of para-hydroxylation sites is 2. The van der Waals surface area contributed by atoms with Crippen molar-refractivity contribution in [2.45, 2.75) is 12.2 Å². The van der Waals surface area contributed by atoms with Crippen LogP contribution in [-0.2, 0) is 9.53 Å². The van der Waals surface area contributed by atoms with E-state index in [9.17, 15) is 19.8 Å². The van der Waals surface area contributed by atoms with E-state index in [0.717, 1.165) is 16.8 Å². The number of aliphatic hydroxyl groups excluding tert-OH is 1. The summed E-state index contributed by atoms with van der Waals surface area (Å²) in [4.78, 5) is 24.6. The zero-order valence-corrected chi connectivity index (χ0v) is 20.4. The van der Waals surface area contributed by atoms with E-state index in [0.29, 0.717) is 22.7 Å². The largest absolute Gasteiger partial charge is 0.491 e. The van der Waals surface area contributed by atoms with E-state index >= 15 is 0 Å². The third-order valence-corrected chi connectivity index (χ3v) is 5.58. The van der Waals surface area contributed by atoms with Crippen molar-refractivity contribution in [2.75, 3.05) is 18.5 Å². The van der Waals surface area contributed by atoms with Crippen LogP contribution in [0.25, 0.3) is 10.8 Å². The number of aliphatic carboxylic acids is 1. The molecular formula is C30H27NO7. The second kappa shape index (κ2) is 12.9. The maximum absolute atomic E-state index is 13.3. The summed E-state index contributed by atoms with van der Waals surface area (Å²) in [5, 5.41) is 23.2. The van der Waals surface area contributed by atoms with Crippen molar-refractivity contribution >= 4 is 28.5 Å². The van der Waals surface area contributed by atoms with Gasteiger partial charge < -0.3 is 24.4 Å². The highest BCUT2D eigenvalue weighted by Gasteiger charge is 2.30. The number of ether oxygens (including phenoxy) is 3. The molecule has 8 heteroatoms. The van der Waals surface area contributed by atoms with Gasteiger partial charge in [0.15, 0.2) is 12.2 Å². The zero-order valence-electron chi connectivity index (χ0n) is 20.4. The van der Waals surface area contributed by atoms with E-state index in [1.54, 1.807) is 54.6 Å². The fourth-order valence-electron chi connectivity index (χ4n) is 3.93. The van der Waals surface area contributed by atoms with Gasteiger partial charge in [-0.2, -0.15) is 0 Å². The first-order chi connectivity index (χ1) is 18.5. The summed E-state index contributed by atoms with van der Waals surface area (Å²) in [6, 6.07) is 28.7. The van der Waals surface area contributed by atoms with Crippen molar-refractivity contribution < 1.29 is 34.0 Å². The molecule has 1 amide bonds. The maximum Gasteiger partial charge on any atom is 0.412 e. The average molecular weight is 514 g/mol. The minimum absolute atomic E-state index is 0.0150. The van der Waals surface area contributed by atoms with Crippen LogP contribution in [0.5, 0.6) is 11.5 Å². The van der Waals surface area contributed by atoms with Gasteiger partial charge in [-0.3, -0.25) is 5.32 Å². The average Bonchev–Trinajstić information content (AvgIpc) is 2.94. The van der Waals surface area contributed by atoms with Crippen LogP contribution in [0.2, 0.25) is 0 Å². The third kappa shape index (κ3) is 6.89. The minimum Gasteiger partial charge on any atom is -0.491 e. The molecule has 4 aromatic carbocycles. The number of carbonyl (C=O) groups is 2. The quantitative estimate of drug-likeness (QED) is 0.224. The SMILES string of the molecule is O=C(O)/C=C/[C@@H](Oc1ccccc1)[C@H](OC(=O)Nc1cccc2ccccc12)c1ccccc1OCCO. The Kier molecular flexibility index (Phi) is 8.93. The highest BCUT2D eigenvalue weighted by Crippen LogP contribution is 2.34. The van der Waals surface area contributed by atoms with E-state index in [4.69, 9.17) is 14.2 Å². The molecule has 4 rings (SSSR count). The van der Waals surface area contributed by atoms with Gasteiger partial charge in [0, 0.05) is 17.0 Å². The number of aliphatic hydroxyl groups is 1. The number of anilines is 1. The summed E-state index contributed by atoms with van der Waals surface area (Å²) in [5.74, 6) is -0.380. The lowest BCUT2D eigenvalue weighted by atomic mass is 10.0. The van der Waals surface area contributed by atoms with Crippen LogP contribution in [0.4, 0.5) is 10.5 Å². The van der Waals surface area contributed by atoms with Crippen molar-refractivity contribution in [1.29, 1.82) is 0 Å². The Bertz CT molecular complexity index is 1400. The van der Waals surface area contributed by atoms with Crippen LogP contribution in [0.3, 0.4) is 0 Å². The van der Waals surface area contributed by atoms with E-state index < -0.39 is 24.3 Å². The molecule has 0 unspecified atom stereocenters. The van der Waals surface area contributed by atoms with Crippen LogP contribution >= 0.6 is 0 Å². The normalized spacial score (nSPS) is 12.6. The van der Waals surface area contributed by atoms with E-state index in [-0.39, 0.29) is 13.2 Å². The first-order valence-corrected chi connectivity index (χ1v) is 12.0. The molecule has 0 saturated carbocycles. The third-order valence-electron chi connectivity index (χ3n) is 5.58. The molecule has 3 N–H and O–H groups in total. The fourth-order valence-corrected chi connectivity index (χ4v) is 3.93. The van der Waals surface area contributed by atoms with Gasteiger partial charge in [0.25, 0.3) is 0 Å². The van der Waals surface area contributed by atoms with Crippen molar-refractivity contribution in [1.82, 2.24) is 0 Å². The first kappa shape index (κ1) is 26.2. The van der Waals surface area contributed by atoms with Crippen LogP contribution in [0, 0.1) is 0 Å². The molecular weight excluding hydrogens is 486 g/mol. The van der Waals surface area contributed by atoms with Crippen molar-refractivity contribution in [3.8, 4) is 11.5 Å². The molecule has 194 valence electrons.